The summed E-state index contributed by atoms with van der Waals surface area (Å²) in [5.74, 6) is 0.678. The molecule has 0 fully saturated rings. The van der Waals surface area contributed by atoms with Gasteiger partial charge in [-0.3, -0.25) is 4.79 Å². The molecular formula is C19H23NO2. The van der Waals surface area contributed by atoms with Crippen molar-refractivity contribution in [2.24, 2.45) is 0 Å². The van der Waals surface area contributed by atoms with Crippen molar-refractivity contribution in [1.82, 2.24) is 0 Å². The van der Waals surface area contributed by atoms with Crippen molar-refractivity contribution in [1.29, 1.82) is 0 Å². The van der Waals surface area contributed by atoms with Crippen molar-refractivity contribution in [2.45, 2.75) is 40.2 Å². The molecule has 1 amide bonds. The summed E-state index contributed by atoms with van der Waals surface area (Å²) in [6, 6.07) is 13.3. The van der Waals surface area contributed by atoms with Gasteiger partial charge in [0, 0.05) is 11.3 Å². The molecule has 1 atom stereocenters. The van der Waals surface area contributed by atoms with Crippen LogP contribution < -0.4 is 10.1 Å². The number of amides is 1. The fraction of sp³-hybridized carbons (Fsp3) is 0.316. The highest BCUT2D eigenvalue weighted by molar-refractivity contribution is 6.04. The largest absolute Gasteiger partial charge is 0.491 e. The van der Waals surface area contributed by atoms with Crippen LogP contribution in [0.2, 0.25) is 0 Å². The zero-order valence-corrected chi connectivity index (χ0v) is 13.6. The third kappa shape index (κ3) is 4.35. The summed E-state index contributed by atoms with van der Waals surface area (Å²) in [5.41, 5.74) is 3.71. The van der Waals surface area contributed by atoms with Crippen LogP contribution in [0.25, 0.3) is 0 Å². The highest BCUT2D eigenvalue weighted by Crippen LogP contribution is 2.18. The standard InChI is InChI=1S/C19H23NO2/c1-5-15(4)22-18-8-6-16(7-9-18)19(21)20-17-11-13(2)10-14(3)12-17/h6-12,15H,5H2,1-4H3,(H,20,21). The Morgan fingerprint density at radius 3 is 2.23 bits per heavy atom. The fourth-order valence-electron chi connectivity index (χ4n) is 2.25. The number of hydrogen-bond donors (Lipinski definition) is 1. The summed E-state index contributed by atoms with van der Waals surface area (Å²) in [6.45, 7) is 8.14. The van der Waals surface area contributed by atoms with Gasteiger partial charge in [0.25, 0.3) is 5.91 Å². The number of hydrogen-bond acceptors (Lipinski definition) is 2. The Kier molecular flexibility index (Phi) is 5.21. The van der Waals surface area contributed by atoms with Gasteiger partial charge in [-0.25, -0.2) is 0 Å². The minimum absolute atomic E-state index is 0.111. The Bertz CT molecular complexity index is 627. The Morgan fingerprint density at radius 1 is 1.09 bits per heavy atom. The lowest BCUT2D eigenvalue weighted by Gasteiger charge is -2.13. The van der Waals surface area contributed by atoms with Gasteiger partial charge in [0.2, 0.25) is 0 Å². The monoisotopic (exact) mass is 297 g/mol. The van der Waals surface area contributed by atoms with Crippen LogP contribution in [0.4, 0.5) is 5.69 Å². The van der Waals surface area contributed by atoms with E-state index < -0.39 is 0 Å². The van der Waals surface area contributed by atoms with E-state index in [1.54, 1.807) is 12.1 Å². The van der Waals surface area contributed by atoms with Crippen LogP contribution in [0.1, 0.15) is 41.8 Å². The molecule has 3 nitrogen and oxygen atoms in total. The van der Waals surface area contributed by atoms with Crippen LogP contribution in [-0.2, 0) is 0 Å². The molecule has 2 aromatic carbocycles. The molecule has 0 aliphatic carbocycles. The predicted molar refractivity (Wildman–Crippen MR) is 90.7 cm³/mol. The molecule has 0 radical (unpaired) electrons. The van der Waals surface area contributed by atoms with Gasteiger partial charge in [-0.2, -0.15) is 0 Å². The second-order valence-corrected chi connectivity index (χ2v) is 5.69. The quantitative estimate of drug-likeness (QED) is 0.866. The molecule has 0 aliphatic rings. The summed E-state index contributed by atoms with van der Waals surface area (Å²) >= 11 is 0. The lowest BCUT2D eigenvalue weighted by molar-refractivity contribution is 0.102. The summed E-state index contributed by atoms with van der Waals surface area (Å²) < 4.78 is 5.72. The van der Waals surface area contributed by atoms with Crippen molar-refractivity contribution < 1.29 is 9.53 Å². The van der Waals surface area contributed by atoms with E-state index in [-0.39, 0.29) is 12.0 Å². The lowest BCUT2D eigenvalue weighted by Crippen LogP contribution is -2.13. The molecule has 0 spiro atoms. The average molecular weight is 297 g/mol. The summed E-state index contributed by atoms with van der Waals surface area (Å²) in [6.07, 6.45) is 1.13. The Morgan fingerprint density at radius 2 is 1.68 bits per heavy atom. The third-order valence-electron chi connectivity index (χ3n) is 3.51. The van der Waals surface area contributed by atoms with Crippen LogP contribution in [-0.4, -0.2) is 12.0 Å². The minimum atomic E-state index is -0.111. The Labute approximate surface area is 132 Å². The van der Waals surface area contributed by atoms with E-state index in [1.165, 1.54) is 0 Å². The first-order valence-electron chi connectivity index (χ1n) is 7.64. The first-order chi connectivity index (χ1) is 10.5. The average Bonchev–Trinajstić information content (AvgIpc) is 2.46. The number of aryl methyl sites for hydroxylation is 2. The summed E-state index contributed by atoms with van der Waals surface area (Å²) in [7, 11) is 0. The van der Waals surface area contributed by atoms with E-state index in [1.807, 2.05) is 45.0 Å². The van der Waals surface area contributed by atoms with Crippen molar-refractivity contribution in [3.8, 4) is 5.75 Å². The molecule has 2 rings (SSSR count). The number of rotatable bonds is 5. The molecule has 1 unspecified atom stereocenters. The molecule has 2 aromatic rings. The van der Waals surface area contributed by atoms with E-state index in [4.69, 9.17) is 4.74 Å². The maximum Gasteiger partial charge on any atom is 0.255 e. The van der Waals surface area contributed by atoms with Gasteiger partial charge in [-0.15, -0.1) is 0 Å². The van der Waals surface area contributed by atoms with Crippen LogP contribution >= 0.6 is 0 Å². The van der Waals surface area contributed by atoms with Crippen molar-refractivity contribution in [3.63, 3.8) is 0 Å². The molecule has 0 aromatic heterocycles. The predicted octanol–water partition coefficient (Wildman–Crippen LogP) is 4.73. The maximum absolute atomic E-state index is 12.3. The number of carbonyl (C=O) groups is 1. The molecule has 1 N–H and O–H groups in total. The van der Waals surface area contributed by atoms with E-state index in [0.29, 0.717) is 5.56 Å². The molecule has 0 heterocycles. The highest BCUT2D eigenvalue weighted by Gasteiger charge is 2.08. The first-order valence-corrected chi connectivity index (χ1v) is 7.64. The van der Waals surface area contributed by atoms with Gasteiger partial charge >= 0.3 is 0 Å². The topological polar surface area (TPSA) is 38.3 Å². The van der Waals surface area contributed by atoms with Gasteiger partial charge < -0.3 is 10.1 Å². The molecule has 0 aliphatic heterocycles. The van der Waals surface area contributed by atoms with E-state index >= 15 is 0 Å². The van der Waals surface area contributed by atoms with Crippen molar-refractivity contribution in [2.75, 3.05) is 5.32 Å². The number of ether oxygens (including phenoxy) is 1. The zero-order chi connectivity index (χ0) is 16.1. The van der Waals surface area contributed by atoms with Gasteiger partial charge in [-0.1, -0.05) is 13.0 Å². The molecule has 22 heavy (non-hydrogen) atoms. The van der Waals surface area contributed by atoms with E-state index in [9.17, 15) is 4.79 Å². The summed E-state index contributed by atoms with van der Waals surface area (Å²) in [5, 5.41) is 2.93. The van der Waals surface area contributed by atoms with E-state index in [2.05, 4.69) is 18.3 Å². The number of carbonyl (C=O) groups excluding carboxylic acids is 1. The zero-order valence-electron chi connectivity index (χ0n) is 13.6. The van der Waals surface area contributed by atoms with Crippen molar-refractivity contribution in [3.05, 3.63) is 59.2 Å². The number of anilines is 1. The second-order valence-electron chi connectivity index (χ2n) is 5.69. The Balaban J connectivity index is 2.06. The summed E-state index contributed by atoms with van der Waals surface area (Å²) in [4.78, 5) is 12.3. The smallest absolute Gasteiger partial charge is 0.255 e. The minimum Gasteiger partial charge on any atom is -0.491 e. The third-order valence-corrected chi connectivity index (χ3v) is 3.51. The first kappa shape index (κ1) is 16.1. The van der Waals surface area contributed by atoms with Gasteiger partial charge in [0.15, 0.2) is 0 Å². The van der Waals surface area contributed by atoms with Gasteiger partial charge in [-0.05, 0) is 74.7 Å². The van der Waals surface area contributed by atoms with Crippen LogP contribution in [0.5, 0.6) is 5.75 Å². The van der Waals surface area contributed by atoms with Crippen LogP contribution in [0.15, 0.2) is 42.5 Å². The van der Waals surface area contributed by atoms with Crippen LogP contribution in [0, 0.1) is 13.8 Å². The van der Waals surface area contributed by atoms with E-state index in [0.717, 1.165) is 29.0 Å². The number of benzene rings is 2. The van der Waals surface area contributed by atoms with Gasteiger partial charge in [0.1, 0.15) is 5.75 Å². The molecule has 116 valence electrons. The molecule has 0 saturated carbocycles. The molecule has 0 saturated heterocycles. The molecule has 3 heteroatoms. The normalized spacial score (nSPS) is 11.8. The maximum atomic E-state index is 12.3. The molecule has 0 bridgehead atoms. The Hall–Kier alpha value is -2.29. The molecular weight excluding hydrogens is 274 g/mol. The SMILES string of the molecule is CCC(C)Oc1ccc(C(=O)Nc2cc(C)cc(C)c2)cc1. The lowest BCUT2D eigenvalue weighted by atomic mass is 10.1. The number of nitrogens with one attached hydrogen (secondary N) is 1. The van der Waals surface area contributed by atoms with Crippen LogP contribution in [0.3, 0.4) is 0 Å². The fourth-order valence-corrected chi connectivity index (χ4v) is 2.25. The van der Waals surface area contributed by atoms with Crippen molar-refractivity contribution >= 4 is 11.6 Å². The highest BCUT2D eigenvalue weighted by atomic mass is 16.5. The van der Waals surface area contributed by atoms with Gasteiger partial charge in [0.05, 0.1) is 6.10 Å². The second kappa shape index (κ2) is 7.12.